The third-order valence-electron chi connectivity index (χ3n) is 1.69. The second kappa shape index (κ2) is 1.65. The highest BCUT2D eigenvalue weighted by molar-refractivity contribution is 5.86. The van der Waals surface area contributed by atoms with E-state index in [0.29, 0.717) is 11.7 Å². The zero-order chi connectivity index (χ0) is 5.28. The molecule has 1 aliphatic carbocycles. The van der Waals surface area contributed by atoms with Gasteiger partial charge in [0.1, 0.15) is 5.78 Å². The van der Waals surface area contributed by atoms with Crippen molar-refractivity contribution >= 4 is 5.78 Å². The molecule has 0 saturated heterocycles. The van der Waals surface area contributed by atoms with E-state index in [9.17, 15) is 4.79 Å². The van der Waals surface area contributed by atoms with Crippen LogP contribution in [0.2, 0.25) is 0 Å². The normalized spacial score (nSPS) is 29.9. The van der Waals surface area contributed by atoms with Crippen LogP contribution in [0.5, 0.6) is 0 Å². The molecule has 0 spiro atoms. The largest absolute Gasteiger partial charge is 0.299 e. The standard InChI is InChI=1S/C6H10O/c1-2-5-3-4-6(5)7/h5H,2-4H2,1H3. The molecule has 1 unspecified atom stereocenters. The minimum atomic E-state index is 0.444. The van der Waals surface area contributed by atoms with Crippen LogP contribution in [0.1, 0.15) is 26.2 Å². The lowest BCUT2D eigenvalue weighted by atomic mass is 9.82. The first-order chi connectivity index (χ1) is 3.34. The molecule has 1 aliphatic rings. The summed E-state index contributed by atoms with van der Waals surface area (Å²) in [5, 5.41) is 0. The van der Waals surface area contributed by atoms with Crippen molar-refractivity contribution in [3.63, 3.8) is 0 Å². The van der Waals surface area contributed by atoms with Crippen molar-refractivity contribution < 1.29 is 4.79 Å². The van der Waals surface area contributed by atoms with Gasteiger partial charge in [-0.3, -0.25) is 4.79 Å². The molecule has 0 heterocycles. The van der Waals surface area contributed by atoms with Gasteiger partial charge in [-0.25, -0.2) is 0 Å². The van der Waals surface area contributed by atoms with Crippen molar-refractivity contribution in [1.82, 2.24) is 0 Å². The Labute approximate surface area is 43.7 Å². The first-order valence-electron chi connectivity index (χ1n) is 2.87. The van der Waals surface area contributed by atoms with Crippen LogP contribution < -0.4 is 0 Å². The highest BCUT2D eigenvalue weighted by Crippen LogP contribution is 2.24. The van der Waals surface area contributed by atoms with E-state index in [1.54, 1.807) is 0 Å². The van der Waals surface area contributed by atoms with Crippen molar-refractivity contribution in [1.29, 1.82) is 0 Å². The fraction of sp³-hybridized carbons (Fsp3) is 0.833. The van der Waals surface area contributed by atoms with Crippen LogP contribution >= 0.6 is 0 Å². The van der Waals surface area contributed by atoms with Gasteiger partial charge in [0.25, 0.3) is 0 Å². The van der Waals surface area contributed by atoms with E-state index < -0.39 is 0 Å². The van der Waals surface area contributed by atoms with Crippen LogP contribution in [0.3, 0.4) is 0 Å². The van der Waals surface area contributed by atoms with Gasteiger partial charge in [0.15, 0.2) is 0 Å². The lowest BCUT2D eigenvalue weighted by molar-refractivity contribution is -0.129. The van der Waals surface area contributed by atoms with Gasteiger partial charge in [-0.1, -0.05) is 6.92 Å². The molecule has 1 fully saturated rings. The number of rotatable bonds is 1. The van der Waals surface area contributed by atoms with Crippen molar-refractivity contribution in [2.24, 2.45) is 5.92 Å². The Morgan fingerprint density at radius 2 is 2.57 bits per heavy atom. The van der Waals surface area contributed by atoms with Crippen LogP contribution in [0, 0.1) is 5.92 Å². The molecule has 0 radical (unpaired) electrons. The first-order valence-corrected chi connectivity index (χ1v) is 2.87. The van der Waals surface area contributed by atoms with Crippen molar-refractivity contribution in [2.75, 3.05) is 0 Å². The van der Waals surface area contributed by atoms with Crippen LogP contribution in [-0.2, 0) is 4.79 Å². The molecule has 0 bridgehead atoms. The zero-order valence-electron chi connectivity index (χ0n) is 4.61. The average molecular weight is 98.1 g/mol. The maximum atomic E-state index is 10.5. The highest BCUT2D eigenvalue weighted by atomic mass is 16.1. The zero-order valence-corrected chi connectivity index (χ0v) is 4.61. The third kappa shape index (κ3) is 0.671. The molecule has 0 aromatic carbocycles. The summed E-state index contributed by atoms with van der Waals surface area (Å²) in [4.78, 5) is 10.5. The number of carbonyl (C=O) groups is 1. The van der Waals surface area contributed by atoms with E-state index in [4.69, 9.17) is 0 Å². The summed E-state index contributed by atoms with van der Waals surface area (Å²) in [5.41, 5.74) is 0. The van der Waals surface area contributed by atoms with E-state index >= 15 is 0 Å². The van der Waals surface area contributed by atoms with Crippen molar-refractivity contribution in [2.45, 2.75) is 26.2 Å². The number of Topliss-reactive ketones (excluding diaryl/α,β-unsaturated/α-hetero) is 1. The van der Waals surface area contributed by atoms with Crippen LogP contribution in [0.15, 0.2) is 0 Å². The molecular weight excluding hydrogens is 88.1 g/mol. The Balaban J connectivity index is 2.29. The first kappa shape index (κ1) is 4.82. The molecule has 0 aromatic heterocycles. The summed E-state index contributed by atoms with van der Waals surface area (Å²) in [5.74, 6) is 0.919. The van der Waals surface area contributed by atoms with Crippen LogP contribution in [-0.4, -0.2) is 5.78 Å². The fourth-order valence-electron chi connectivity index (χ4n) is 0.898. The third-order valence-corrected chi connectivity index (χ3v) is 1.69. The smallest absolute Gasteiger partial charge is 0.136 e. The maximum absolute atomic E-state index is 10.5. The van der Waals surface area contributed by atoms with E-state index in [-0.39, 0.29) is 0 Å². The lowest BCUT2D eigenvalue weighted by Crippen LogP contribution is -2.24. The Morgan fingerprint density at radius 3 is 2.57 bits per heavy atom. The van der Waals surface area contributed by atoms with E-state index in [1.807, 2.05) is 0 Å². The Hall–Kier alpha value is -0.330. The van der Waals surface area contributed by atoms with Crippen molar-refractivity contribution in [3.8, 4) is 0 Å². The molecule has 1 atom stereocenters. The summed E-state index contributed by atoms with van der Waals surface area (Å²) in [6.07, 6.45) is 3.05. The molecule has 1 heteroatoms. The molecule has 40 valence electrons. The molecule has 7 heavy (non-hydrogen) atoms. The van der Waals surface area contributed by atoms with Gasteiger partial charge in [0, 0.05) is 12.3 Å². The number of hydrogen-bond acceptors (Lipinski definition) is 1. The SMILES string of the molecule is CCC1CCC1=O. The highest BCUT2D eigenvalue weighted by Gasteiger charge is 2.25. The number of carbonyl (C=O) groups excluding carboxylic acids is 1. The molecule has 0 aromatic rings. The van der Waals surface area contributed by atoms with Gasteiger partial charge >= 0.3 is 0 Å². The summed E-state index contributed by atoms with van der Waals surface area (Å²) < 4.78 is 0. The average Bonchev–Trinajstić information content (AvgIpc) is 1.65. The van der Waals surface area contributed by atoms with E-state index in [2.05, 4.69) is 6.92 Å². The number of hydrogen-bond donors (Lipinski definition) is 0. The topological polar surface area (TPSA) is 17.1 Å². The molecule has 1 rings (SSSR count). The van der Waals surface area contributed by atoms with Crippen LogP contribution in [0.4, 0.5) is 0 Å². The molecular formula is C6H10O. The minimum absolute atomic E-state index is 0.444. The Kier molecular flexibility index (Phi) is 1.13. The van der Waals surface area contributed by atoms with Crippen LogP contribution in [0.25, 0.3) is 0 Å². The maximum Gasteiger partial charge on any atom is 0.136 e. The minimum Gasteiger partial charge on any atom is -0.299 e. The van der Waals surface area contributed by atoms with Gasteiger partial charge in [0.05, 0.1) is 0 Å². The second-order valence-corrected chi connectivity index (χ2v) is 2.11. The Bertz CT molecular complexity index is 84.2. The number of ketones is 1. The van der Waals surface area contributed by atoms with Gasteiger partial charge < -0.3 is 0 Å². The van der Waals surface area contributed by atoms with E-state index in [1.165, 1.54) is 0 Å². The van der Waals surface area contributed by atoms with Crippen molar-refractivity contribution in [3.05, 3.63) is 0 Å². The quantitative estimate of drug-likeness (QED) is 0.484. The lowest BCUT2D eigenvalue weighted by Gasteiger charge is -2.21. The second-order valence-electron chi connectivity index (χ2n) is 2.11. The molecule has 1 saturated carbocycles. The predicted octanol–water partition coefficient (Wildman–Crippen LogP) is 1.38. The van der Waals surface area contributed by atoms with Gasteiger partial charge in [-0.15, -0.1) is 0 Å². The fourth-order valence-corrected chi connectivity index (χ4v) is 0.898. The van der Waals surface area contributed by atoms with Gasteiger partial charge in [-0.05, 0) is 12.8 Å². The molecule has 0 N–H and O–H groups in total. The summed E-state index contributed by atoms with van der Waals surface area (Å²) in [7, 11) is 0. The summed E-state index contributed by atoms with van der Waals surface area (Å²) in [6, 6.07) is 0. The molecule has 0 aliphatic heterocycles. The summed E-state index contributed by atoms with van der Waals surface area (Å²) in [6.45, 7) is 2.07. The predicted molar refractivity (Wildman–Crippen MR) is 28.0 cm³/mol. The summed E-state index contributed by atoms with van der Waals surface area (Å²) >= 11 is 0. The monoisotopic (exact) mass is 98.1 g/mol. The van der Waals surface area contributed by atoms with Gasteiger partial charge in [0.2, 0.25) is 0 Å². The Morgan fingerprint density at radius 1 is 1.86 bits per heavy atom. The van der Waals surface area contributed by atoms with E-state index in [0.717, 1.165) is 19.3 Å². The molecule has 1 nitrogen and oxygen atoms in total. The molecule has 0 amide bonds. The van der Waals surface area contributed by atoms with Gasteiger partial charge in [-0.2, -0.15) is 0 Å².